The molecule has 3 N–H and O–H groups in total. The smallest absolute Gasteiger partial charge is 0.265 e. The Balaban J connectivity index is 1.67. The first-order valence-electron chi connectivity index (χ1n) is 6.72. The lowest BCUT2D eigenvalue weighted by atomic mass is 10.00. The molecule has 0 bridgehead atoms. The molecule has 3 heterocycles. The summed E-state index contributed by atoms with van der Waals surface area (Å²) in [4.78, 5) is 22.6. The van der Waals surface area contributed by atoms with Gasteiger partial charge in [-0.05, 0) is 18.6 Å². The van der Waals surface area contributed by atoms with Crippen molar-refractivity contribution in [3.63, 3.8) is 0 Å². The van der Waals surface area contributed by atoms with Crippen LogP contribution in [0.5, 0.6) is 0 Å². The lowest BCUT2D eigenvalue weighted by molar-refractivity contribution is 0.0769. The molecule has 1 fully saturated rings. The maximum absolute atomic E-state index is 12.3. The predicted octanol–water partition coefficient (Wildman–Crippen LogP) is 0.796. The van der Waals surface area contributed by atoms with Crippen LogP contribution in [0, 0.1) is 5.92 Å². The van der Waals surface area contributed by atoms with Gasteiger partial charge in [0.1, 0.15) is 4.88 Å². The van der Waals surface area contributed by atoms with Crippen LogP contribution in [-0.4, -0.2) is 45.1 Å². The quantitative estimate of drug-likeness (QED) is 0.875. The van der Waals surface area contributed by atoms with E-state index in [2.05, 4.69) is 9.97 Å². The summed E-state index contributed by atoms with van der Waals surface area (Å²) in [6.45, 7) is 0.864. The van der Waals surface area contributed by atoms with Crippen LogP contribution in [0.3, 0.4) is 0 Å². The first-order valence-corrected chi connectivity index (χ1v) is 7.53. The molecule has 7 heteroatoms. The van der Waals surface area contributed by atoms with Crippen molar-refractivity contribution in [2.75, 3.05) is 18.8 Å². The molecule has 1 saturated heterocycles. The Labute approximate surface area is 126 Å². The third-order valence-electron chi connectivity index (χ3n) is 3.63. The fourth-order valence-corrected chi connectivity index (χ4v) is 3.20. The van der Waals surface area contributed by atoms with Crippen molar-refractivity contribution in [3.05, 3.63) is 41.2 Å². The molecule has 0 unspecified atom stereocenters. The topological polar surface area (TPSA) is 92.3 Å². The Morgan fingerprint density at radius 3 is 2.95 bits per heavy atom. The van der Waals surface area contributed by atoms with E-state index in [9.17, 15) is 9.90 Å². The summed E-state index contributed by atoms with van der Waals surface area (Å²) in [5, 5.41) is 10.5. The molecule has 21 heavy (non-hydrogen) atoms. The van der Waals surface area contributed by atoms with Gasteiger partial charge in [0.05, 0.1) is 12.3 Å². The third-order valence-corrected chi connectivity index (χ3v) is 4.44. The summed E-state index contributed by atoms with van der Waals surface area (Å²) in [5.74, 6) is -0.110. The van der Waals surface area contributed by atoms with Gasteiger partial charge < -0.3 is 15.7 Å². The number of nitrogens with zero attached hydrogens (tertiary/aromatic N) is 3. The number of aliphatic hydroxyl groups is 1. The molecule has 1 amide bonds. The summed E-state index contributed by atoms with van der Waals surface area (Å²) in [6, 6.07) is 5.71. The Morgan fingerprint density at radius 1 is 1.43 bits per heavy atom. The largest absolute Gasteiger partial charge is 0.391 e. The zero-order chi connectivity index (χ0) is 14.8. The predicted molar refractivity (Wildman–Crippen MR) is 79.9 cm³/mol. The van der Waals surface area contributed by atoms with Crippen molar-refractivity contribution in [2.24, 2.45) is 5.92 Å². The molecular formula is C14H16N4O2S. The number of aromatic nitrogens is 2. The van der Waals surface area contributed by atoms with Crippen molar-refractivity contribution in [2.45, 2.75) is 12.5 Å². The number of likely N-dealkylation sites (tertiary alicyclic amines) is 1. The first kappa shape index (κ1) is 14.0. The van der Waals surface area contributed by atoms with E-state index in [0.717, 1.165) is 5.69 Å². The number of thiazole rings is 1. The van der Waals surface area contributed by atoms with Gasteiger partial charge in [0.2, 0.25) is 0 Å². The number of β-amino-alcohol motifs (C(OH)–C–C–N with tert-alkyl or cyclic N) is 1. The molecule has 0 aromatic carbocycles. The molecule has 0 aliphatic carbocycles. The molecule has 1 aliphatic heterocycles. The van der Waals surface area contributed by atoms with E-state index in [1.165, 1.54) is 17.5 Å². The molecule has 0 radical (unpaired) electrons. The summed E-state index contributed by atoms with van der Waals surface area (Å²) in [6.07, 6.45) is 3.36. The zero-order valence-electron chi connectivity index (χ0n) is 11.3. The third kappa shape index (κ3) is 3.03. The summed E-state index contributed by atoms with van der Waals surface area (Å²) < 4.78 is 0. The fraction of sp³-hybridized carbons (Fsp3) is 0.357. The van der Waals surface area contributed by atoms with Gasteiger partial charge in [-0.3, -0.25) is 9.78 Å². The first-order chi connectivity index (χ1) is 10.1. The number of nitrogens with two attached hydrogens (primary N) is 1. The molecule has 2 atom stereocenters. The molecule has 1 aliphatic rings. The number of aliphatic hydroxyl groups excluding tert-OH is 1. The van der Waals surface area contributed by atoms with Crippen LogP contribution in [0.2, 0.25) is 0 Å². The number of pyridine rings is 1. The van der Waals surface area contributed by atoms with E-state index in [1.807, 2.05) is 18.2 Å². The summed E-state index contributed by atoms with van der Waals surface area (Å²) in [5.41, 5.74) is 6.48. The number of hydrogen-bond donors (Lipinski definition) is 2. The van der Waals surface area contributed by atoms with Gasteiger partial charge in [0, 0.05) is 30.9 Å². The van der Waals surface area contributed by atoms with Gasteiger partial charge in [-0.1, -0.05) is 17.4 Å². The average Bonchev–Trinajstić information content (AvgIpc) is 3.06. The highest BCUT2D eigenvalue weighted by Crippen LogP contribution is 2.24. The monoisotopic (exact) mass is 304 g/mol. The zero-order valence-corrected chi connectivity index (χ0v) is 12.2. The van der Waals surface area contributed by atoms with Crippen LogP contribution in [-0.2, 0) is 6.42 Å². The number of amides is 1. The highest BCUT2D eigenvalue weighted by Gasteiger charge is 2.35. The van der Waals surface area contributed by atoms with Crippen molar-refractivity contribution < 1.29 is 9.90 Å². The second kappa shape index (κ2) is 5.79. The van der Waals surface area contributed by atoms with E-state index in [4.69, 9.17) is 5.73 Å². The second-order valence-corrected chi connectivity index (χ2v) is 6.19. The molecule has 3 rings (SSSR count). The molecule has 0 spiro atoms. The maximum atomic E-state index is 12.3. The normalized spacial score (nSPS) is 21.7. The Morgan fingerprint density at radius 2 is 2.29 bits per heavy atom. The van der Waals surface area contributed by atoms with Crippen LogP contribution < -0.4 is 5.73 Å². The van der Waals surface area contributed by atoms with Crippen molar-refractivity contribution in [1.82, 2.24) is 14.9 Å². The number of rotatable bonds is 3. The Kier molecular flexibility index (Phi) is 3.85. The van der Waals surface area contributed by atoms with Crippen molar-refractivity contribution in [1.29, 1.82) is 0 Å². The lowest BCUT2D eigenvalue weighted by Gasteiger charge is -2.14. The number of nitrogen functional groups attached to an aromatic ring is 1. The molecule has 6 nitrogen and oxygen atoms in total. The Bertz CT molecular complexity index is 631. The minimum absolute atomic E-state index is 0.00844. The van der Waals surface area contributed by atoms with Crippen LogP contribution in [0.4, 0.5) is 5.13 Å². The Hall–Kier alpha value is -1.99. The molecule has 110 valence electrons. The van der Waals surface area contributed by atoms with Crippen molar-refractivity contribution in [3.8, 4) is 0 Å². The van der Waals surface area contributed by atoms with Crippen LogP contribution in [0.1, 0.15) is 15.4 Å². The fourth-order valence-electron chi connectivity index (χ4n) is 2.55. The maximum Gasteiger partial charge on any atom is 0.265 e. The van der Waals surface area contributed by atoms with Gasteiger partial charge in [-0.15, -0.1) is 0 Å². The van der Waals surface area contributed by atoms with Crippen molar-refractivity contribution >= 4 is 22.4 Å². The molecule has 2 aromatic rings. The molecular weight excluding hydrogens is 288 g/mol. The van der Waals surface area contributed by atoms with E-state index in [-0.39, 0.29) is 11.8 Å². The summed E-state index contributed by atoms with van der Waals surface area (Å²) >= 11 is 1.17. The van der Waals surface area contributed by atoms with Crippen LogP contribution in [0.15, 0.2) is 30.6 Å². The van der Waals surface area contributed by atoms with Gasteiger partial charge in [0.15, 0.2) is 5.13 Å². The SMILES string of the molecule is Nc1ncc(C(=O)N2C[C@@H](Cc3ccccn3)[C@H](O)C2)s1. The lowest BCUT2D eigenvalue weighted by Crippen LogP contribution is -2.28. The van der Waals surface area contributed by atoms with E-state index < -0.39 is 6.10 Å². The second-order valence-electron chi connectivity index (χ2n) is 5.13. The van der Waals surface area contributed by atoms with Crippen LogP contribution >= 0.6 is 11.3 Å². The number of carbonyl (C=O) groups excluding carboxylic acids is 1. The average molecular weight is 304 g/mol. The minimum atomic E-state index is -0.527. The highest BCUT2D eigenvalue weighted by atomic mass is 32.1. The van der Waals surface area contributed by atoms with E-state index >= 15 is 0 Å². The minimum Gasteiger partial charge on any atom is -0.391 e. The standard InChI is InChI=1S/C14H16N4O2S/c15-14-17-6-12(21-14)13(20)18-7-9(11(19)8-18)5-10-3-1-2-4-16-10/h1-4,6,9,11,19H,5,7-8H2,(H2,15,17)/t9-,11-/m1/s1. The van der Waals surface area contributed by atoms with Gasteiger partial charge in [-0.25, -0.2) is 4.98 Å². The highest BCUT2D eigenvalue weighted by molar-refractivity contribution is 7.17. The number of anilines is 1. The molecule has 0 saturated carbocycles. The van der Waals surface area contributed by atoms with Gasteiger partial charge >= 0.3 is 0 Å². The van der Waals surface area contributed by atoms with E-state index in [0.29, 0.717) is 29.5 Å². The van der Waals surface area contributed by atoms with E-state index in [1.54, 1.807) is 11.1 Å². The van der Waals surface area contributed by atoms with Gasteiger partial charge in [0.25, 0.3) is 5.91 Å². The number of carbonyl (C=O) groups is 1. The number of hydrogen-bond acceptors (Lipinski definition) is 6. The van der Waals surface area contributed by atoms with Gasteiger partial charge in [-0.2, -0.15) is 0 Å². The molecule has 2 aromatic heterocycles. The van der Waals surface area contributed by atoms with Crippen LogP contribution in [0.25, 0.3) is 0 Å². The summed E-state index contributed by atoms with van der Waals surface area (Å²) in [7, 11) is 0.